The first-order valence-corrected chi connectivity index (χ1v) is 7.18. The normalized spacial score (nSPS) is 23.8. The first-order valence-electron chi connectivity index (χ1n) is 7.18. The second-order valence-corrected chi connectivity index (χ2v) is 5.30. The predicted octanol–water partition coefficient (Wildman–Crippen LogP) is 2.12. The van der Waals surface area contributed by atoms with Crippen LogP contribution in [-0.4, -0.2) is 51.3 Å². The maximum Gasteiger partial charge on any atom is 0.0502 e. The zero-order valence-electron chi connectivity index (χ0n) is 11.9. The number of ether oxygens (including phenoxy) is 1. The average Bonchev–Trinajstić information content (AvgIpc) is 2.36. The second kappa shape index (κ2) is 8.90. The Kier molecular flexibility index (Phi) is 7.82. The number of methoxy groups -OCH3 is 1. The van der Waals surface area contributed by atoms with E-state index in [1.54, 1.807) is 0 Å². The molecule has 0 saturated carbocycles. The summed E-state index contributed by atoms with van der Waals surface area (Å²) in [5.74, 6) is 0.764. The van der Waals surface area contributed by atoms with Crippen LogP contribution in [0.3, 0.4) is 0 Å². The lowest BCUT2D eigenvalue weighted by Crippen LogP contribution is -2.38. The molecule has 102 valence electrons. The molecule has 0 bridgehead atoms. The average molecular weight is 242 g/mol. The molecule has 1 rings (SSSR count). The van der Waals surface area contributed by atoms with Gasteiger partial charge >= 0.3 is 0 Å². The smallest absolute Gasteiger partial charge is 0.0502 e. The summed E-state index contributed by atoms with van der Waals surface area (Å²) in [7, 11) is 3.89. The molecule has 0 radical (unpaired) electrons. The van der Waals surface area contributed by atoms with Gasteiger partial charge in [-0.2, -0.15) is 0 Å². The molecule has 1 N–H and O–H groups in total. The quantitative estimate of drug-likeness (QED) is 0.705. The van der Waals surface area contributed by atoms with Crippen molar-refractivity contribution < 1.29 is 4.74 Å². The Morgan fingerprint density at radius 2 is 2.29 bits per heavy atom. The topological polar surface area (TPSA) is 24.5 Å². The molecule has 2 atom stereocenters. The van der Waals surface area contributed by atoms with E-state index in [2.05, 4.69) is 24.2 Å². The molecule has 3 nitrogen and oxygen atoms in total. The zero-order valence-corrected chi connectivity index (χ0v) is 11.9. The van der Waals surface area contributed by atoms with Crippen LogP contribution in [0.4, 0.5) is 0 Å². The van der Waals surface area contributed by atoms with Gasteiger partial charge in [0.25, 0.3) is 0 Å². The maximum absolute atomic E-state index is 5.27. The molecule has 0 aromatic rings. The van der Waals surface area contributed by atoms with Crippen LogP contribution in [0.15, 0.2) is 0 Å². The van der Waals surface area contributed by atoms with E-state index < -0.39 is 0 Å². The fraction of sp³-hybridized carbons (Fsp3) is 1.00. The largest absolute Gasteiger partial charge is 0.384 e. The minimum Gasteiger partial charge on any atom is -0.384 e. The van der Waals surface area contributed by atoms with Gasteiger partial charge in [-0.15, -0.1) is 0 Å². The molecule has 0 aromatic carbocycles. The maximum atomic E-state index is 5.27. The van der Waals surface area contributed by atoms with E-state index >= 15 is 0 Å². The van der Waals surface area contributed by atoms with E-state index in [0.717, 1.165) is 12.5 Å². The Hall–Kier alpha value is -0.120. The fourth-order valence-corrected chi connectivity index (χ4v) is 2.84. The third-order valence-electron chi connectivity index (χ3n) is 3.93. The van der Waals surface area contributed by atoms with Gasteiger partial charge in [0.2, 0.25) is 0 Å². The van der Waals surface area contributed by atoms with Crippen LogP contribution >= 0.6 is 0 Å². The monoisotopic (exact) mass is 242 g/mol. The highest BCUT2D eigenvalue weighted by Gasteiger charge is 2.19. The molecule has 0 aliphatic carbocycles. The molecule has 1 heterocycles. The van der Waals surface area contributed by atoms with Gasteiger partial charge in [0.15, 0.2) is 0 Å². The molecule has 0 spiro atoms. The lowest BCUT2D eigenvalue weighted by molar-refractivity contribution is 0.0895. The van der Waals surface area contributed by atoms with E-state index in [0.29, 0.717) is 6.04 Å². The highest BCUT2D eigenvalue weighted by atomic mass is 16.5. The molecule has 17 heavy (non-hydrogen) atoms. The summed E-state index contributed by atoms with van der Waals surface area (Å²) in [6.45, 7) is 6.99. The molecule has 3 heteroatoms. The van der Waals surface area contributed by atoms with Gasteiger partial charge in [-0.05, 0) is 58.2 Å². The van der Waals surface area contributed by atoms with Crippen LogP contribution in [-0.2, 0) is 4.74 Å². The van der Waals surface area contributed by atoms with Crippen LogP contribution < -0.4 is 5.32 Å². The SMILES string of the molecule is CCC(CCCN1CCCC(COC)C1)NC. The van der Waals surface area contributed by atoms with Gasteiger partial charge in [-0.3, -0.25) is 0 Å². The van der Waals surface area contributed by atoms with Crippen LogP contribution in [0.25, 0.3) is 0 Å². The highest BCUT2D eigenvalue weighted by molar-refractivity contribution is 4.73. The fourth-order valence-electron chi connectivity index (χ4n) is 2.84. The summed E-state index contributed by atoms with van der Waals surface area (Å²) in [6.07, 6.45) is 6.55. The molecule has 1 saturated heterocycles. The van der Waals surface area contributed by atoms with Crippen molar-refractivity contribution in [1.29, 1.82) is 0 Å². The van der Waals surface area contributed by atoms with Crippen LogP contribution in [0, 0.1) is 5.92 Å². The summed E-state index contributed by atoms with van der Waals surface area (Å²) < 4.78 is 5.27. The van der Waals surface area contributed by atoms with Gasteiger partial charge < -0.3 is 15.0 Å². The van der Waals surface area contributed by atoms with Crippen molar-refractivity contribution >= 4 is 0 Å². The molecule has 0 aromatic heterocycles. The zero-order chi connectivity index (χ0) is 12.5. The van der Waals surface area contributed by atoms with E-state index in [4.69, 9.17) is 4.74 Å². The van der Waals surface area contributed by atoms with E-state index in [9.17, 15) is 0 Å². The number of nitrogens with one attached hydrogen (secondary N) is 1. The minimum absolute atomic E-state index is 0.703. The Bertz CT molecular complexity index is 181. The van der Waals surface area contributed by atoms with Gasteiger partial charge in [0.05, 0.1) is 6.61 Å². The number of likely N-dealkylation sites (tertiary alicyclic amines) is 1. The van der Waals surface area contributed by atoms with Crippen molar-refractivity contribution in [1.82, 2.24) is 10.2 Å². The Morgan fingerprint density at radius 1 is 1.47 bits per heavy atom. The lowest BCUT2D eigenvalue weighted by Gasteiger charge is -2.32. The summed E-state index contributed by atoms with van der Waals surface area (Å²) in [5.41, 5.74) is 0. The van der Waals surface area contributed by atoms with Crippen LogP contribution in [0.2, 0.25) is 0 Å². The Morgan fingerprint density at radius 3 is 2.94 bits per heavy atom. The summed E-state index contributed by atoms with van der Waals surface area (Å²) in [5, 5.41) is 3.38. The standard InChI is InChI=1S/C14H30N2O/c1-4-14(15-2)8-6-10-16-9-5-7-13(11-16)12-17-3/h13-15H,4-12H2,1-3H3. The van der Waals surface area contributed by atoms with Crippen LogP contribution in [0.5, 0.6) is 0 Å². The van der Waals surface area contributed by atoms with Gasteiger partial charge in [0.1, 0.15) is 0 Å². The molecule has 1 fully saturated rings. The van der Waals surface area contributed by atoms with Gasteiger partial charge in [-0.25, -0.2) is 0 Å². The molecular formula is C14H30N2O. The van der Waals surface area contributed by atoms with E-state index in [1.165, 1.54) is 51.7 Å². The lowest BCUT2D eigenvalue weighted by atomic mass is 9.98. The highest BCUT2D eigenvalue weighted by Crippen LogP contribution is 2.17. The first kappa shape index (κ1) is 14.9. The first-order chi connectivity index (χ1) is 8.30. The van der Waals surface area contributed by atoms with Crippen molar-refractivity contribution in [2.75, 3.05) is 40.4 Å². The van der Waals surface area contributed by atoms with Crippen molar-refractivity contribution in [3.8, 4) is 0 Å². The summed E-state index contributed by atoms with van der Waals surface area (Å²) in [6, 6.07) is 0.703. The van der Waals surface area contributed by atoms with Crippen molar-refractivity contribution in [2.45, 2.75) is 45.1 Å². The number of hydrogen-bond acceptors (Lipinski definition) is 3. The third kappa shape index (κ3) is 5.84. The molecule has 1 aliphatic heterocycles. The third-order valence-corrected chi connectivity index (χ3v) is 3.93. The predicted molar refractivity (Wildman–Crippen MR) is 73.4 cm³/mol. The van der Waals surface area contributed by atoms with E-state index in [-0.39, 0.29) is 0 Å². The summed E-state index contributed by atoms with van der Waals surface area (Å²) in [4.78, 5) is 2.62. The van der Waals surface area contributed by atoms with Crippen LogP contribution in [0.1, 0.15) is 39.0 Å². The number of rotatable bonds is 8. The van der Waals surface area contributed by atoms with Gasteiger partial charge in [-0.1, -0.05) is 6.92 Å². The second-order valence-electron chi connectivity index (χ2n) is 5.30. The number of nitrogens with zero attached hydrogens (tertiary/aromatic N) is 1. The Balaban J connectivity index is 2.13. The Labute approximate surface area is 107 Å². The number of hydrogen-bond donors (Lipinski definition) is 1. The van der Waals surface area contributed by atoms with Crippen molar-refractivity contribution in [2.24, 2.45) is 5.92 Å². The minimum atomic E-state index is 0.703. The molecule has 1 aliphatic rings. The molecule has 2 unspecified atom stereocenters. The van der Waals surface area contributed by atoms with Crippen molar-refractivity contribution in [3.05, 3.63) is 0 Å². The van der Waals surface area contributed by atoms with Gasteiger partial charge in [0, 0.05) is 19.7 Å². The summed E-state index contributed by atoms with van der Waals surface area (Å²) >= 11 is 0. The van der Waals surface area contributed by atoms with Crippen molar-refractivity contribution in [3.63, 3.8) is 0 Å². The molecule has 0 amide bonds. The molecular weight excluding hydrogens is 212 g/mol. The van der Waals surface area contributed by atoms with E-state index in [1.807, 2.05) is 7.11 Å². The number of piperidine rings is 1.